The molecule has 4 nitrogen and oxygen atoms in total. The van der Waals surface area contributed by atoms with E-state index in [-0.39, 0.29) is 0 Å². The van der Waals surface area contributed by atoms with Gasteiger partial charge < -0.3 is 14.6 Å². The zero-order valence-electron chi connectivity index (χ0n) is 11.9. The maximum absolute atomic E-state index is 13.8. The van der Waals surface area contributed by atoms with E-state index >= 15 is 0 Å². The molecule has 152 valence electrons. The van der Waals surface area contributed by atoms with Gasteiger partial charge in [-0.3, -0.25) is 0 Å². The second-order valence-corrected chi connectivity index (χ2v) is 5.02. The van der Waals surface area contributed by atoms with Crippen molar-refractivity contribution in [1.29, 1.82) is 0 Å². The lowest BCUT2D eigenvalue weighted by atomic mass is 9.92. The summed E-state index contributed by atoms with van der Waals surface area (Å²) in [6.07, 6.45) is -27.5. The number of rotatable bonds is 2. The zero-order chi connectivity index (χ0) is 20.9. The van der Waals surface area contributed by atoms with E-state index in [1.54, 1.807) is 0 Å². The molecule has 1 fully saturated rings. The summed E-state index contributed by atoms with van der Waals surface area (Å²) in [7, 11) is 0. The van der Waals surface area contributed by atoms with Gasteiger partial charge in [0.1, 0.15) is 5.57 Å². The van der Waals surface area contributed by atoms with Gasteiger partial charge in [0.15, 0.2) is 12.2 Å². The molecule has 0 aliphatic carbocycles. The van der Waals surface area contributed by atoms with Crippen LogP contribution in [0.2, 0.25) is 0 Å². The smallest absolute Gasteiger partial charge is 0.449 e. The van der Waals surface area contributed by atoms with Crippen molar-refractivity contribution in [3.05, 3.63) is 12.2 Å². The van der Waals surface area contributed by atoms with E-state index in [9.17, 15) is 53.1 Å². The van der Waals surface area contributed by atoms with Crippen LogP contribution in [0.15, 0.2) is 12.2 Å². The van der Waals surface area contributed by atoms with Gasteiger partial charge in [-0.05, 0) is 0 Å². The SMILES string of the molecule is C=C(C(=O)OC1CC(C(F)(F)F)OC(O)(C(F)(F)F)C1(F)F)C(F)(F)F. The molecule has 0 saturated carbocycles. The summed E-state index contributed by atoms with van der Waals surface area (Å²) in [6, 6.07) is 0. The number of alkyl halides is 11. The monoisotopic (exact) mass is 412 g/mol. The Labute approximate surface area is 136 Å². The highest BCUT2D eigenvalue weighted by Crippen LogP contribution is 2.52. The summed E-state index contributed by atoms with van der Waals surface area (Å²) in [5.74, 6) is -14.3. The minimum atomic E-state index is -6.52. The van der Waals surface area contributed by atoms with Gasteiger partial charge in [0.25, 0.3) is 0 Å². The molecule has 0 aromatic heterocycles. The van der Waals surface area contributed by atoms with E-state index in [2.05, 4.69) is 16.1 Å². The lowest BCUT2D eigenvalue weighted by molar-refractivity contribution is -0.482. The Morgan fingerprint density at radius 2 is 1.54 bits per heavy atom. The highest BCUT2D eigenvalue weighted by molar-refractivity contribution is 5.89. The number of hydrogen-bond acceptors (Lipinski definition) is 4. The number of halogens is 11. The lowest BCUT2D eigenvalue weighted by Gasteiger charge is -2.46. The number of hydrogen-bond donors (Lipinski definition) is 1. The molecule has 1 rings (SSSR count). The fourth-order valence-corrected chi connectivity index (χ4v) is 1.79. The van der Waals surface area contributed by atoms with Crippen molar-refractivity contribution in [2.24, 2.45) is 0 Å². The Morgan fingerprint density at radius 3 is 1.88 bits per heavy atom. The standard InChI is InChI=1S/C11H7F11O4/c1-3(8(14,15)16)6(23)25-4-2-5(9(17,18)19)26-10(24,7(4,12)13)11(20,21)22/h4-5,24H,1-2H2. The first kappa shape index (κ1) is 22.4. The summed E-state index contributed by atoms with van der Waals surface area (Å²) in [6.45, 7) is 2.11. The normalized spacial score (nSPS) is 30.0. The van der Waals surface area contributed by atoms with Crippen LogP contribution >= 0.6 is 0 Å². The molecule has 1 N–H and O–H groups in total. The number of esters is 1. The molecule has 15 heteroatoms. The summed E-state index contributed by atoms with van der Waals surface area (Å²) in [5.41, 5.74) is -2.46. The number of aliphatic hydroxyl groups is 1. The Kier molecular flexibility index (Phi) is 5.35. The lowest BCUT2D eigenvalue weighted by Crippen LogP contribution is -2.71. The third-order valence-electron chi connectivity index (χ3n) is 3.18. The molecule has 3 unspecified atom stereocenters. The van der Waals surface area contributed by atoms with Gasteiger partial charge in [-0.15, -0.1) is 0 Å². The molecule has 1 heterocycles. The first-order valence-corrected chi connectivity index (χ1v) is 6.13. The highest BCUT2D eigenvalue weighted by atomic mass is 19.4. The van der Waals surface area contributed by atoms with Crippen LogP contribution in [0.1, 0.15) is 6.42 Å². The Morgan fingerprint density at radius 1 is 1.08 bits per heavy atom. The van der Waals surface area contributed by atoms with Crippen LogP contribution in [-0.2, 0) is 14.3 Å². The van der Waals surface area contributed by atoms with Gasteiger partial charge in [-0.25, -0.2) is 4.79 Å². The minimum absolute atomic E-state index is 2.11. The van der Waals surface area contributed by atoms with Crippen LogP contribution in [-0.4, -0.2) is 53.5 Å². The summed E-state index contributed by atoms with van der Waals surface area (Å²) >= 11 is 0. The second-order valence-electron chi connectivity index (χ2n) is 5.02. The molecular weight excluding hydrogens is 405 g/mol. The van der Waals surface area contributed by atoms with E-state index < -0.39 is 60.4 Å². The first-order valence-electron chi connectivity index (χ1n) is 6.13. The van der Waals surface area contributed by atoms with E-state index in [1.807, 2.05) is 0 Å². The fourth-order valence-electron chi connectivity index (χ4n) is 1.79. The highest BCUT2D eigenvalue weighted by Gasteiger charge is 2.79. The first-order chi connectivity index (χ1) is 11.2. The maximum atomic E-state index is 13.8. The molecule has 0 amide bonds. The Hall–Kier alpha value is -1.64. The van der Waals surface area contributed by atoms with E-state index in [0.717, 1.165) is 0 Å². The number of ether oxygens (including phenoxy) is 2. The van der Waals surface area contributed by atoms with Gasteiger partial charge in [0.05, 0.1) is 0 Å². The average Bonchev–Trinajstić information content (AvgIpc) is 2.39. The van der Waals surface area contributed by atoms with Crippen LogP contribution in [0, 0.1) is 0 Å². The Bertz CT molecular complexity index is 576. The molecule has 3 atom stereocenters. The zero-order valence-corrected chi connectivity index (χ0v) is 11.9. The predicted octanol–water partition coefficient (Wildman–Crippen LogP) is 3.25. The third kappa shape index (κ3) is 3.87. The summed E-state index contributed by atoms with van der Waals surface area (Å²) in [5, 5.41) is 9.02. The van der Waals surface area contributed by atoms with Gasteiger partial charge in [-0.1, -0.05) is 6.58 Å². The molecule has 1 aliphatic rings. The topological polar surface area (TPSA) is 55.8 Å². The molecule has 0 spiro atoms. The number of carbonyl (C=O) groups excluding carboxylic acids is 1. The predicted molar refractivity (Wildman–Crippen MR) is 56.6 cm³/mol. The second kappa shape index (κ2) is 6.21. The van der Waals surface area contributed by atoms with Crippen LogP contribution in [0.3, 0.4) is 0 Å². The van der Waals surface area contributed by atoms with Crippen molar-refractivity contribution >= 4 is 5.97 Å². The molecular formula is C11H7F11O4. The quantitative estimate of drug-likeness (QED) is 0.430. The van der Waals surface area contributed by atoms with Crippen molar-refractivity contribution in [1.82, 2.24) is 0 Å². The van der Waals surface area contributed by atoms with Crippen molar-refractivity contribution in [2.75, 3.05) is 0 Å². The number of carbonyl (C=O) groups is 1. The van der Waals surface area contributed by atoms with Gasteiger partial charge >= 0.3 is 36.2 Å². The third-order valence-corrected chi connectivity index (χ3v) is 3.18. The molecule has 0 aromatic carbocycles. The Balaban J connectivity index is 3.31. The maximum Gasteiger partial charge on any atom is 0.449 e. The van der Waals surface area contributed by atoms with Gasteiger partial charge in [-0.2, -0.15) is 48.3 Å². The summed E-state index contributed by atoms with van der Waals surface area (Å²) in [4.78, 5) is 11.1. The molecule has 1 aliphatic heterocycles. The molecule has 1 saturated heterocycles. The van der Waals surface area contributed by atoms with Crippen LogP contribution in [0.25, 0.3) is 0 Å². The summed E-state index contributed by atoms with van der Waals surface area (Å²) < 4.78 is 147. The van der Waals surface area contributed by atoms with Crippen LogP contribution in [0.4, 0.5) is 48.3 Å². The molecule has 0 bridgehead atoms. The van der Waals surface area contributed by atoms with E-state index in [1.165, 1.54) is 0 Å². The molecule has 0 aromatic rings. The molecule has 0 radical (unpaired) electrons. The van der Waals surface area contributed by atoms with Crippen molar-refractivity contribution < 1.29 is 67.7 Å². The van der Waals surface area contributed by atoms with Crippen molar-refractivity contribution in [3.8, 4) is 0 Å². The fraction of sp³-hybridized carbons (Fsp3) is 0.727. The van der Waals surface area contributed by atoms with Crippen molar-refractivity contribution in [2.45, 2.75) is 48.9 Å². The van der Waals surface area contributed by atoms with Crippen LogP contribution in [0.5, 0.6) is 0 Å². The van der Waals surface area contributed by atoms with Crippen LogP contribution < -0.4 is 0 Å². The van der Waals surface area contributed by atoms with E-state index in [4.69, 9.17) is 5.11 Å². The average molecular weight is 412 g/mol. The van der Waals surface area contributed by atoms with Gasteiger partial charge in [0.2, 0.25) is 0 Å². The largest absolute Gasteiger partial charge is 0.452 e. The van der Waals surface area contributed by atoms with Gasteiger partial charge in [0, 0.05) is 6.42 Å². The van der Waals surface area contributed by atoms with E-state index in [0.29, 0.717) is 0 Å². The van der Waals surface area contributed by atoms with Crippen molar-refractivity contribution in [3.63, 3.8) is 0 Å². The molecule has 26 heavy (non-hydrogen) atoms. The minimum Gasteiger partial charge on any atom is -0.452 e.